The van der Waals surface area contributed by atoms with Gasteiger partial charge in [-0.05, 0) is 41.8 Å². The van der Waals surface area contributed by atoms with E-state index in [2.05, 4.69) is 5.32 Å². The Hall–Kier alpha value is -1.84. The Balaban J connectivity index is 1.85. The predicted octanol–water partition coefficient (Wildman–Crippen LogP) is 3.04. The maximum Gasteiger partial charge on any atom is 0.252 e. The molecule has 0 unspecified atom stereocenters. The molecule has 1 amide bonds. The van der Waals surface area contributed by atoms with E-state index in [4.69, 9.17) is 11.6 Å². The molecule has 2 aromatic rings. The molecule has 2 aromatic carbocycles. The van der Waals surface area contributed by atoms with Crippen LogP contribution >= 0.6 is 11.6 Å². The van der Waals surface area contributed by atoms with E-state index in [1.54, 1.807) is 18.2 Å². The van der Waals surface area contributed by atoms with E-state index in [0.29, 0.717) is 17.0 Å². The topological polar surface area (TPSA) is 49.3 Å². The van der Waals surface area contributed by atoms with Gasteiger partial charge in [0.1, 0.15) is 0 Å². The van der Waals surface area contributed by atoms with Crippen molar-refractivity contribution in [2.75, 3.05) is 0 Å². The normalized spacial score (nSPS) is 20.1. The zero-order valence-electron chi connectivity index (χ0n) is 11.6. The number of benzene rings is 2. The number of rotatable bonds is 2. The first-order valence-corrected chi connectivity index (χ1v) is 7.27. The lowest BCUT2D eigenvalue weighted by molar-refractivity contribution is 0.0857. The zero-order valence-corrected chi connectivity index (χ0v) is 12.4. The SMILES string of the molecule is Cc1cc(Cl)ccc1C(=O)N[C@H]1c2ccccc2C[C@H]1O. The molecule has 0 bridgehead atoms. The largest absolute Gasteiger partial charge is 0.390 e. The van der Waals surface area contributed by atoms with Crippen LogP contribution in [0.2, 0.25) is 5.02 Å². The van der Waals surface area contributed by atoms with Crippen molar-refractivity contribution in [1.82, 2.24) is 5.32 Å². The first-order valence-electron chi connectivity index (χ1n) is 6.89. The van der Waals surface area contributed by atoms with E-state index >= 15 is 0 Å². The molecule has 4 heteroatoms. The molecule has 0 saturated heterocycles. The minimum absolute atomic E-state index is 0.190. The third-order valence-corrected chi connectivity index (χ3v) is 4.16. The lowest BCUT2D eigenvalue weighted by Gasteiger charge is -2.18. The molecule has 0 heterocycles. The number of fused-ring (bicyclic) bond motifs is 1. The highest BCUT2D eigenvalue weighted by molar-refractivity contribution is 6.30. The van der Waals surface area contributed by atoms with Crippen molar-refractivity contribution in [3.63, 3.8) is 0 Å². The van der Waals surface area contributed by atoms with Crippen molar-refractivity contribution >= 4 is 17.5 Å². The summed E-state index contributed by atoms with van der Waals surface area (Å²) in [4.78, 5) is 12.4. The van der Waals surface area contributed by atoms with Crippen LogP contribution in [0.4, 0.5) is 0 Å². The van der Waals surface area contributed by atoms with Crippen LogP contribution in [0.5, 0.6) is 0 Å². The summed E-state index contributed by atoms with van der Waals surface area (Å²) < 4.78 is 0. The number of hydrogen-bond donors (Lipinski definition) is 2. The number of aliphatic hydroxyl groups excluding tert-OH is 1. The molecule has 2 atom stereocenters. The minimum Gasteiger partial charge on any atom is -0.390 e. The molecule has 0 aromatic heterocycles. The third kappa shape index (κ3) is 2.67. The Kier molecular flexibility index (Phi) is 3.70. The summed E-state index contributed by atoms with van der Waals surface area (Å²) in [6.45, 7) is 1.85. The Morgan fingerprint density at radius 1 is 1.29 bits per heavy atom. The van der Waals surface area contributed by atoms with Gasteiger partial charge in [0.15, 0.2) is 0 Å². The molecule has 2 N–H and O–H groups in total. The maximum atomic E-state index is 12.4. The Bertz CT molecular complexity index is 699. The van der Waals surface area contributed by atoms with Crippen LogP contribution in [0, 0.1) is 6.92 Å². The zero-order chi connectivity index (χ0) is 15.0. The van der Waals surface area contributed by atoms with E-state index in [1.807, 2.05) is 31.2 Å². The van der Waals surface area contributed by atoms with Crippen molar-refractivity contribution in [3.8, 4) is 0 Å². The van der Waals surface area contributed by atoms with Gasteiger partial charge in [-0.2, -0.15) is 0 Å². The van der Waals surface area contributed by atoms with Gasteiger partial charge in [0, 0.05) is 17.0 Å². The number of carbonyl (C=O) groups is 1. The number of carbonyl (C=O) groups excluding carboxylic acids is 1. The molecule has 1 aliphatic carbocycles. The molecule has 3 nitrogen and oxygen atoms in total. The van der Waals surface area contributed by atoms with Gasteiger partial charge >= 0.3 is 0 Å². The summed E-state index contributed by atoms with van der Waals surface area (Å²) in [5.74, 6) is -0.190. The molecule has 0 fully saturated rings. The molecule has 0 aliphatic heterocycles. The fourth-order valence-corrected chi connectivity index (χ4v) is 3.08. The van der Waals surface area contributed by atoms with Crippen molar-refractivity contribution in [3.05, 3.63) is 69.7 Å². The second kappa shape index (κ2) is 5.51. The van der Waals surface area contributed by atoms with E-state index < -0.39 is 6.10 Å². The van der Waals surface area contributed by atoms with E-state index in [1.165, 1.54) is 0 Å². The number of aliphatic hydroxyl groups is 1. The van der Waals surface area contributed by atoms with E-state index in [9.17, 15) is 9.90 Å². The molecule has 0 radical (unpaired) electrons. The second-order valence-corrected chi connectivity index (χ2v) is 5.82. The van der Waals surface area contributed by atoms with Gasteiger partial charge in [-0.1, -0.05) is 35.9 Å². The summed E-state index contributed by atoms with van der Waals surface area (Å²) in [6.07, 6.45) is -0.0141. The number of amides is 1. The van der Waals surface area contributed by atoms with Gasteiger partial charge < -0.3 is 10.4 Å². The van der Waals surface area contributed by atoms with Crippen molar-refractivity contribution in [2.24, 2.45) is 0 Å². The number of aryl methyl sites for hydroxylation is 1. The van der Waals surface area contributed by atoms with Gasteiger partial charge in [-0.25, -0.2) is 0 Å². The monoisotopic (exact) mass is 301 g/mol. The first kappa shape index (κ1) is 14.1. The summed E-state index contributed by atoms with van der Waals surface area (Å²) in [5, 5.41) is 13.7. The molecule has 21 heavy (non-hydrogen) atoms. The summed E-state index contributed by atoms with van der Waals surface area (Å²) in [7, 11) is 0. The molecule has 3 rings (SSSR count). The fourth-order valence-electron chi connectivity index (χ4n) is 2.85. The van der Waals surface area contributed by atoms with Crippen molar-refractivity contribution in [2.45, 2.75) is 25.5 Å². The van der Waals surface area contributed by atoms with Crippen LogP contribution in [-0.4, -0.2) is 17.1 Å². The highest BCUT2D eigenvalue weighted by Crippen LogP contribution is 2.31. The average molecular weight is 302 g/mol. The number of nitrogens with one attached hydrogen (secondary N) is 1. The predicted molar refractivity (Wildman–Crippen MR) is 82.5 cm³/mol. The van der Waals surface area contributed by atoms with Crippen LogP contribution in [-0.2, 0) is 6.42 Å². The molecule has 108 valence electrons. The van der Waals surface area contributed by atoms with E-state index in [0.717, 1.165) is 16.7 Å². The van der Waals surface area contributed by atoms with Crippen LogP contribution in [0.1, 0.15) is 33.1 Å². The Morgan fingerprint density at radius 2 is 2.05 bits per heavy atom. The van der Waals surface area contributed by atoms with Crippen molar-refractivity contribution in [1.29, 1.82) is 0 Å². The third-order valence-electron chi connectivity index (χ3n) is 3.92. The smallest absolute Gasteiger partial charge is 0.252 e. The second-order valence-electron chi connectivity index (χ2n) is 5.38. The highest BCUT2D eigenvalue weighted by atomic mass is 35.5. The summed E-state index contributed by atoms with van der Waals surface area (Å²) in [5.41, 5.74) is 3.48. The van der Waals surface area contributed by atoms with Gasteiger partial charge in [-0.15, -0.1) is 0 Å². The van der Waals surface area contributed by atoms with Crippen LogP contribution in [0.15, 0.2) is 42.5 Å². The highest BCUT2D eigenvalue weighted by Gasteiger charge is 2.32. The Labute approximate surface area is 128 Å². The molecular weight excluding hydrogens is 286 g/mol. The number of hydrogen-bond acceptors (Lipinski definition) is 2. The molecular formula is C17H16ClNO2. The van der Waals surface area contributed by atoms with Crippen LogP contribution in [0.3, 0.4) is 0 Å². The van der Waals surface area contributed by atoms with Crippen LogP contribution in [0.25, 0.3) is 0 Å². The maximum absolute atomic E-state index is 12.4. The first-order chi connectivity index (χ1) is 10.1. The standard InChI is InChI=1S/C17H16ClNO2/c1-10-8-12(18)6-7-13(10)17(21)19-16-14-5-3-2-4-11(14)9-15(16)20/h2-8,15-16,20H,9H2,1H3,(H,19,21)/t15-,16+/m1/s1. The lowest BCUT2D eigenvalue weighted by Crippen LogP contribution is -2.34. The lowest BCUT2D eigenvalue weighted by atomic mass is 10.1. The summed E-state index contributed by atoms with van der Waals surface area (Å²) >= 11 is 5.91. The van der Waals surface area contributed by atoms with Gasteiger partial charge in [0.05, 0.1) is 12.1 Å². The van der Waals surface area contributed by atoms with E-state index in [-0.39, 0.29) is 11.9 Å². The number of halogens is 1. The Morgan fingerprint density at radius 3 is 2.81 bits per heavy atom. The molecule has 1 aliphatic rings. The fraction of sp³-hybridized carbons (Fsp3) is 0.235. The van der Waals surface area contributed by atoms with Gasteiger partial charge in [-0.3, -0.25) is 4.79 Å². The summed E-state index contributed by atoms with van der Waals surface area (Å²) in [6, 6.07) is 12.6. The van der Waals surface area contributed by atoms with Gasteiger partial charge in [0.25, 0.3) is 5.91 Å². The quantitative estimate of drug-likeness (QED) is 0.896. The van der Waals surface area contributed by atoms with Crippen molar-refractivity contribution < 1.29 is 9.90 Å². The van der Waals surface area contributed by atoms with Gasteiger partial charge in [0.2, 0.25) is 0 Å². The van der Waals surface area contributed by atoms with Crippen LogP contribution < -0.4 is 5.32 Å². The molecule has 0 saturated carbocycles. The molecule has 0 spiro atoms. The average Bonchev–Trinajstić information content (AvgIpc) is 2.75. The minimum atomic E-state index is -0.584.